The summed E-state index contributed by atoms with van der Waals surface area (Å²) in [5, 5.41) is 5.67. The van der Waals surface area contributed by atoms with Crippen molar-refractivity contribution in [1.82, 2.24) is 19.7 Å². The van der Waals surface area contributed by atoms with Gasteiger partial charge in [0.1, 0.15) is 11.4 Å². The molecule has 0 atom stereocenters. The van der Waals surface area contributed by atoms with Crippen LogP contribution in [0.2, 0.25) is 0 Å². The van der Waals surface area contributed by atoms with Crippen LogP contribution in [0.25, 0.3) is 5.70 Å². The zero-order valence-electron chi connectivity index (χ0n) is 16.9. The molecule has 2 aromatic rings. The molecule has 14 heteroatoms. The van der Waals surface area contributed by atoms with Crippen molar-refractivity contribution in [3.63, 3.8) is 0 Å². The van der Waals surface area contributed by atoms with Gasteiger partial charge in [0.05, 0.1) is 28.2 Å². The average molecular weight is 514 g/mol. The Hall–Kier alpha value is -4.09. The Balaban J connectivity index is 1.77. The van der Waals surface area contributed by atoms with E-state index in [2.05, 4.69) is 10.1 Å². The number of carbonyl (C=O) groups is 1. The van der Waals surface area contributed by atoms with Crippen LogP contribution >= 0.6 is 11.6 Å². The molecule has 2 aliphatic rings. The number of nitrogens with one attached hydrogen (secondary N) is 1. The molecule has 0 radical (unpaired) electrons. The van der Waals surface area contributed by atoms with E-state index in [1.54, 1.807) is 5.94 Å². The molecule has 180 valence electrons. The Labute approximate surface area is 197 Å². The minimum atomic E-state index is -5.12. The Morgan fingerprint density at radius 1 is 1.11 bits per heavy atom. The Morgan fingerprint density at radius 2 is 1.86 bits per heavy atom. The molecule has 0 unspecified atom stereocenters. The Bertz CT molecular complexity index is 1390. The summed E-state index contributed by atoms with van der Waals surface area (Å²) in [5.74, 6) is 0.282. The van der Waals surface area contributed by atoms with E-state index in [4.69, 9.17) is 11.6 Å². The normalized spacial score (nSPS) is 15.7. The maximum Gasteiger partial charge on any atom is 0.434 e. The molecule has 4 rings (SSSR count). The second-order valence-electron chi connectivity index (χ2n) is 6.98. The third-order valence-corrected chi connectivity index (χ3v) is 5.07. The molecule has 7 nitrogen and oxygen atoms in total. The summed E-state index contributed by atoms with van der Waals surface area (Å²) in [5.41, 5.74) is -4.52. The number of carbonyl (C=O) groups excluding carboxylic acids is 2. The first-order valence-electron chi connectivity index (χ1n) is 9.43. The first-order valence-corrected chi connectivity index (χ1v) is 9.81. The van der Waals surface area contributed by atoms with E-state index in [0.717, 1.165) is 12.3 Å². The molecule has 35 heavy (non-hydrogen) atoms. The third kappa shape index (κ3) is 4.51. The van der Waals surface area contributed by atoms with Crippen molar-refractivity contribution < 1.29 is 35.9 Å². The monoisotopic (exact) mass is 513 g/mol. The average Bonchev–Trinajstić information content (AvgIpc) is 3.25. The van der Waals surface area contributed by atoms with Crippen molar-refractivity contribution >= 4 is 34.8 Å². The highest BCUT2D eigenvalue weighted by molar-refractivity contribution is 6.32. The molecule has 1 N–H and O–H groups in total. The topological polar surface area (TPSA) is 80.1 Å². The second kappa shape index (κ2) is 8.60. The molecular formula is C21H10ClF6N5O2. The molecule has 0 aliphatic carbocycles. The number of amides is 1. The van der Waals surface area contributed by atoms with Gasteiger partial charge in [0.2, 0.25) is 0 Å². The summed E-state index contributed by atoms with van der Waals surface area (Å²) in [6, 6.07) is 1.47. The number of alkyl halides is 6. The summed E-state index contributed by atoms with van der Waals surface area (Å²) in [4.78, 5) is 28.2. The smallest absolute Gasteiger partial charge is 0.322 e. The minimum Gasteiger partial charge on any atom is -0.322 e. The predicted octanol–water partition coefficient (Wildman–Crippen LogP) is 4.97. The van der Waals surface area contributed by atoms with E-state index in [-0.39, 0.29) is 22.1 Å². The lowest BCUT2D eigenvalue weighted by atomic mass is 10.1. The van der Waals surface area contributed by atoms with Gasteiger partial charge in [-0.25, -0.2) is 9.48 Å². The molecule has 4 heterocycles. The largest absolute Gasteiger partial charge is 0.434 e. The lowest BCUT2D eigenvalue weighted by Crippen LogP contribution is -2.27. The number of aromatic nitrogens is 3. The zero-order valence-corrected chi connectivity index (χ0v) is 17.7. The first kappa shape index (κ1) is 24.0. The van der Waals surface area contributed by atoms with Crippen LogP contribution in [0.1, 0.15) is 21.7 Å². The number of hydrogen-bond donors (Lipinski definition) is 1. The van der Waals surface area contributed by atoms with Gasteiger partial charge in [0, 0.05) is 18.1 Å². The predicted molar refractivity (Wildman–Crippen MR) is 111 cm³/mol. The highest BCUT2D eigenvalue weighted by atomic mass is 35.5. The van der Waals surface area contributed by atoms with Crippen LogP contribution < -0.4 is 5.32 Å². The summed E-state index contributed by atoms with van der Waals surface area (Å²) < 4.78 is 81.3. The van der Waals surface area contributed by atoms with Crippen LogP contribution in [0.15, 0.2) is 71.5 Å². The summed E-state index contributed by atoms with van der Waals surface area (Å²) >= 11 is 6.19. The van der Waals surface area contributed by atoms with Crippen LogP contribution in [0.5, 0.6) is 0 Å². The maximum absolute atomic E-state index is 14.1. The first-order chi connectivity index (χ1) is 16.4. The number of fused-ring (bicyclic) bond motifs is 1. The van der Waals surface area contributed by atoms with E-state index in [0.29, 0.717) is 16.9 Å². The minimum absolute atomic E-state index is 0.0225. The molecule has 0 bridgehead atoms. The summed E-state index contributed by atoms with van der Waals surface area (Å²) in [7, 11) is 0. The van der Waals surface area contributed by atoms with E-state index >= 15 is 0 Å². The Kier molecular flexibility index (Phi) is 5.91. The lowest BCUT2D eigenvalue weighted by Gasteiger charge is -2.30. The van der Waals surface area contributed by atoms with Crippen molar-refractivity contribution in [2.75, 3.05) is 5.32 Å². The van der Waals surface area contributed by atoms with E-state index in [9.17, 15) is 35.9 Å². The molecule has 0 aromatic carbocycles. The van der Waals surface area contributed by atoms with Gasteiger partial charge in [0.15, 0.2) is 11.6 Å². The molecule has 2 aromatic heterocycles. The fraction of sp³-hybridized carbons (Fsp3) is 0.0952. The number of anilines is 1. The van der Waals surface area contributed by atoms with Crippen molar-refractivity contribution in [2.45, 2.75) is 12.4 Å². The molecule has 0 spiro atoms. The number of pyridine rings is 1. The van der Waals surface area contributed by atoms with Crippen molar-refractivity contribution in [3.05, 3.63) is 88.4 Å². The van der Waals surface area contributed by atoms with E-state index in [1.165, 1.54) is 35.4 Å². The van der Waals surface area contributed by atoms with Crippen LogP contribution in [-0.2, 0) is 17.1 Å². The molecular weight excluding hydrogens is 504 g/mol. The van der Waals surface area contributed by atoms with Gasteiger partial charge in [-0.2, -0.15) is 31.4 Å². The SMILES string of the molecule is O=C=C1C=CC(Cl)=C2C(n3ncc(C(=O)Nc4ccnc(C(F)(F)F)c4)c3C(F)(F)F)=CC=CN12. The standard InChI is InChI=1S/C21H10ClF6N5O2/c22-14-4-3-12(10-34)32-7-1-2-15(17(14)32)33-18(21(26,27)28)13(9-30-33)19(35)31-11-5-6-29-16(8-11)20(23,24)25/h1-9H,(H,29,31,35). The number of nitrogens with zero attached hydrogens (tertiary/aromatic N) is 4. The highest BCUT2D eigenvalue weighted by Gasteiger charge is 2.42. The fourth-order valence-electron chi connectivity index (χ4n) is 3.33. The number of rotatable bonds is 3. The fourth-order valence-corrected chi connectivity index (χ4v) is 3.58. The van der Waals surface area contributed by atoms with Gasteiger partial charge < -0.3 is 10.2 Å². The molecule has 1 amide bonds. The van der Waals surface area contributed by atoms with E-state index < -0.39 is 40.9 Å². The van der Waals surface area contributed by atoms with Crippen molar-refractivity contribution in [2.24, 2.45) is 0 Å². The zero-order chi connectivity index (χ0) is 25.5. The van der Waals surface area contributed by atoms with Gasteiger partial charge in [-0.15, -0.1) is 0 Å². The third-order valence-electron chi connectivity index (χ3n) is 4.77. The van der Waals surface area contributed by atoms with Gasteiger partial charge in [-0.3, -0.25) is 9.78 Å². The van der Waals surface area contributed by atoms with Crippen LogP contribution in [0.3, 0.4) is 0 Å². The van der Waals surface area contributed by atoms with Gasteiger partial charge in [0.25, 0.3) is 5.91 Å². The molecule has 0 saturated carbocycles. The Morgan fingerprint density at radius 3 is 2.51 bits per heavy atom. The van der Waals surface area contributed by atoms with Crippen molar-refractivity contribution in [3.8, 4) is 0 Å². The molecule has 0 fully saturated rings. The maximum atomic E-state index is 14.1. The number of halogens is 7. The summed E-state index contributed by atoms with van der Waals surface area (Å²) in [6.45, 7) is 0. The van der Waals surface area contributed by atoms with Gasteiger partial charge in [-0.05, 0) is 36.4 Å². The summed E-state index contributed by atoms with van der Waals surface area (Å²) in [6.07, 6.45) is -2.04. The van der Waals surface area contributed by atoms with Gasteiger partial charge in [-0.1, -0.05) is 11.6 Å². The molecule has 0 saturated heterocycles. The lowest BCUT2D eigenvalue weighted by molar-refractivity contribution is -0.143. The quantitative estimate of drug-likeness (QED) is 0.463. The second-order valence-corrected chi connectivity index (χ2v) is 7.39. The van der Waals surface area contributed by atoms with Crippen LogP contribution in [-0.4, -0.2) is 31.5 Å². The van der Waals surface area contributed by atoms with Gasteiger partial charge >= 0.3 is 12.4 Å². The molecule has 2 aliphatic heterocycles. The van der Waals surface area contributed by atoms with E-state index in [1.807, 2.05) is 5.32 Å². The van der Waals surface area contributed by atoms with Crippen LogP contribution in [0, 0.1) is 0 Å². The number of allylic oxidation sites excluding steroid dienone is 6. The van der Waals surface area contributed by atoms with Crippen molar-refractivity contribution in [1.29, 1.82) is 0 Å². The highest BCUT2D eigenvalue weighted by Crippen LogP contribution is 2.40. The van der Waals surface area contributed by atoms with Crippen LogP contribution in [0.4, 0.5) is 32.0 Å². The number of hydrogen-bond acceptors (Lipinski definition) is 5.